The summed E-state index contributed by atoms with van der Waals surface area (Å²) in [4.78, 5) is 12.9. The number of carbonyl (C=O) groups is 1. The summed E-state index contributed by atoms with van der Waals surface area (Å²) in [6.07, 6.45) is -0.910. The third kappa shape index (κ3) is 4.31. The van der Waals surface area contributed by atoms with E-state index >= 15 is 0 Å². The number of benzene rings is 1. The second-order valence-electron chi connectivity index (χ2n) is 10.4. The fourth-order valence-electron chi connectivity index (χ4n) is 6.15. The SMILES string of the molecule is O=C(NC12CC(n3cc(O[C@@H]4CC[C@H](OC(F)(F)F)C4)cn3)(C1)C2)[C@H]1C[C@@H](O)c2cc(Cl)ccc2O1. The summed E-state index contributed by atoms with van der Waals surface area (Å²) in [6, 6.07) is 4.95. The van der Waals surface area contributed by atoms with Gasteiger partial charge in [0.15, 0.2) is 11.9 Å². The molecule has 1 aromatic heterocycles. The van der Waals surface area contributed by atoms with Crippen molar-refractivity contribution in [2.75, 3.05) is 0 Å². The fourth-order valence-corrected chi connectivity index (χ4v) is 6.33. The molecule has 2 N–H and O–H groups in total. The van der Waals surface area contributed by atoms with E-state index in [0.29, 0.717) is 54.2 Å². The smallest absolute Gasteiger partial charge is 0.487 e. The summed E-state index contributed by atoms with van der Waals surface area (Å²) in [7, 11) is 0. The van der Waals surface area contributed by atoms with Crippen LogP contribution < -0.4 is 14.8 Å². The molecule has 1 amide bonds. The second-order valence-corrected chi connectivity index (χ2v) is 10.9. The third-order valence-electron chi connectivity index (χ3n) is 7.70. The zero-order valence-electron chi connectivity index (χ0n) is 19.1. The van der Waals surface area contributed by atoms with Crippen molar-refractivity contribution in [2.45, 2.75) is 86.8 Å². The quantitative estimate of drug-likeness (QED) is 0.589. The zero-order chi connectivity index (χ0) is 25.3. The Morgan fingerprint density at radius 1 is 1.22 bits per heavy atom. The highest BCUT2D eigenvalue weighted by Crippen LogP contribution is 2.65. The highest BCUT2D eigenvalue weighted by atomic mass is 35.5. The van der Waals surface area contributed by atoms with Crippen LogP contribution in [0.1, 0.15) is 56.6 Å². The molecule has 0 saturated heterocycles. The third-order valence-corrected chi connectivity index (χ3v) is 7.94. The lowest BCUT2D eigenvalue weighted by atomic mass is 9.44. The Morgan fingerprint density at radius 2 is 1.97 bits per heavy atom. The Balaban J connectivity index is 1.01. The van der Waals surface area contributed by atoms with E-state index in [4.69, 9.17) is 21.1 Å². The lowest BCUT2D eigenvalue weighted by molar-refractivity contribution is -0.341. The van der Waals surface area contributed by atoms with E-state index < -0.39 is 24.7 Å². The molecule has 5 aliphatic rings. The number of aliphatic hydroxyl groups excluding tert-OH is 1. The van der Waals surface area contributed by atoms with Crippen LogP contribution in [0.5, 0.6) is 11.5 Å². The molecule has 2 bridgehead atoms. The van der Waals surface area contributed by atoms with Crippen LogP contribution >= 0.6 is 11.6 Å². The Bertz CT molecular complexity index is 1170. The molecule has 1 aliphatic heterocycles. The minimum Gasteiger partial charge on any atom is -0.487 e. The molecule has 1 aromatic carbocycles. The number of amides is 1. The standard InChI is InChI=1S/C24H25ClF3N3O5/c25-13-1-4-19-17(5-13)18(32)7-20(35-19)21(33)30-22-10-23(11-22,12-22)31-9-16(8-29-31)34-14-2-3-15(6-14)36-24(26,27)28/h1,4-5,8-9,14-15,18,20,32H,2-3,6-7,10-12H2,(H,30,33)/t14-,15+,18-,20-,22?,23?/m1/s1. The van der Waals surface area contributed by atoms with Gasteiger partial charge in [-0.15, -0.1) is 13.2 Å². The van der Waals surface area contributed by atoms with Crippen LogP contribution in [0.4, 0.5) is 13.2 Å². The molecule has 36 heavy (non-hydrogen) atoms. The van der Waals surface area contributed by atoms with Gasteiger partial charge in [-0.2, -0.15) is 5.10 Å². The predicted molar refractivity (Wildman–Crippen MR) is 120 cm³/mol. The number of aromatic nitrogens is 2. The molecule has 4 aliphatic carbocycles. The van der Waals surface area contributed by atoms with Crippen molar-refractivity contribution in [3.8, 4) is 11.5 Å². The van der Waals surface area contributed by atoms with Gasteiger partial charge in [-0.3, -0.25) is 14.2 Å². The van der Waals surface area contributed by atoms with E-state index in [0.717, 1.165) is 0 Å². The maximum Gasteiger partial charge on any atom is 0.522 e. The largest absolute Gasteiger partial charge is 0.522 e. The maximum atomic E-state index is 12.9. The lowest BCUT2D eigenvalue weighted by Gasteiger charge is -2.70. The molecule has 0 spiro atoms. The molecule has 4 atom stereocenters. The summed E-state index contributed by atoms with van der Waals surface area (Å²) < 4.78 is 54.9. The first kappa shape index (κ1) is 23.9. The lowest BCUT2D eigenvalue weighted by Crippen LogP contribution is -2.79. The van der Waals surface area contributed by atoms with Gasteiger partial charge in [-0.25, -0.2) is 0 Å². The van der Waals surface area contributed by atoms with Gasteiger partial charge in [-0.05, 0) is 50.3 Å². The van der Waals surface area contributed by atoms with Crippen LogP contribution in [0.15, 0.2) is 30.6 Å². The first-order valence-electron chi connectivity index (χ1n) is 11.9. The molecule has 4 fully saturated rings. The average molecular weight is 528 g/mol. The Hall–Kier alpha value is -2.50. The number of hydrogen-bond acceptors (Lipinski definition) is 6. The van der Waals surface area contributed by atoms with Gasteiger partial charge >= 0.3 is 6.36 Å². The Morgan fingerprint density at radius 3 is 2.72 bits per heavy atom. The van der Waals surface area contributed by atoms with Crippen molar-refractivity contribution in [1.82, 2.24) is 15.1 Å². The number of carbonyl (C=O) groups excluding carboxylic acids is 1. The molecule has 194 valence electrons. The number of hydrogen-bond donors (Lipinski definition) is 2. The molecule has 0 radical (unpaired) electrons. The van der Waals surface area contributed by atoms with Gasteiger partial charge in [0.25, 0.3) is 5.91 Å². The summed E-state index contributed by atoms with van der Waals surface area (Å²) >= 11 is 5.99. The van der Waals surface area contributed by atoms with Crippen molar-refractivity contribution < 1.29 is 37.3 Å². The van der Waals surface area contributed by atoms with Crippen molar-refractivity contribution in [1.29, 1.82) is 0 Å². The van der Waals surface area contributed by atoms with E-state index in [1.165, 1.54) is 0 Å². The maximum absolute atomic E-state index is 12.9. The summed E-state index contributed by atoms with van der Waals surface area (Å²) in [5, 5.41) is 18.4. The van der Waals surface area contributed by atoms with Gasteiger partial charge in [0.2, 0.25) is 0 Å². The van der Waals surface area contributed by atoms with Crippen molar-refractivity contribution >= 4 is 17.5 Å². The minimum atomic E-state index is -4.64. The average Bonchev–Trinajstić information content (AvgIpc) is 3.38. The van der Waals surface area contributed by atoms with Crippen LogP contribution in [0, 0.1) is 0 Å². The van der Waals surface area contributed by atoms with E-state index in [2.05, 4.69) is 15.2 Å². The van der Waals surface area contributed by atoms with Crippen molar-refractivity contribution in [3.63, 3.8) is 0 Å². The first-order chi connectivity index (χ1) is 17.0. The van der Waals surface area contributed by atoms with Gasteiger partial charge in [-0.1, -0.05) is 11.6 Å². The summed E-state index contributed by atoms with van der Waals surface area (Å²) in [6.45, 7) is 0. The number of fused-ring (bicyclic) bond motifs is 1. The molecule has 8 nitrogen and oxygen atoms in total. The highest BCUT2D eigenvalue weighted by molar-refractivity contribution is 6.30. The van der Waals surface area contributed by atoms with E-state index in [-0.39, 0.29) is 35.9 Å². The molecule has 2 aromatic rings. The molecule has 12 heteroatoms. The molecule has 4 saturated carbocycles. The number of nitrogens with zero attached hydrogens (tertiary/aromatic N) is 2. The monoisotopic (exact) mass is 527 g/mol. The van der Waals surface area contributed by atoms with Gasteiger partial charge in [0.1, 0.15) is 11.9 Å². The van der Waals surface area contributed by atoms with Crippen LogP contribution in [-0.2, 0) is 15.1 Å². The van der Waals surface area contributed by atoms with Crippen molar-refractivity contribution in [3.05, 3.63) is 41.2 Å². The van der Waals surface area contributed by atoms with E-state index in [1.807, 2.05) is 4.68 Å². The molecular formula is C24H25ClF3N3O5. The Kier molecular flexibility index (Phi) is 5.47. The number of ether oxygens (including phenoxy) is 3. The molecular weight excluding hydrogens is 503 g/mol. The van der Waals surface area contributed by atoms with Crippen LogP contribution in [0.2, 0.25) is 5.02 Å². The first-order valence-corrected chi connectivity index (χ1v) is 12.3. The minimum absolute atomic E-state index is 0.149. The van der Waals surface area contributed by atoms with Gasteiger partial charge in [0, 0.05) is 29.0 Å². The highest BCUT2D eigenvalue weighted by Gasteiger charge is 2.70. The van der Waals surface area contributed by atoms with Crippen molar-refractivity contribution in [2.24, 2.45) is 0 Å². The number of halogens is 4. The molecule has 0 unspecified atom stereocenters. The number of nitrogens with one attached hydrogen (secondary N) is 1. The van der Waals surface area contributed by atoms with E-state index in [1.54, 1.807) is 30.6 Å². The van der Waals surface area contributed by atoms with Gasteiger partial charge in [0.05, 0.1) is 30.1 Å². The van der Waals surface area contributed by atoms with Crippen LogP contribution in [0.3, 0.4) is 0 Å². The zero-order valence-corrected chi connectivity index (χ0v) is 19.9. The summed E-state index contributed by atoms with van der Waals surface area (Å²) in [5.41, 5.74) is 0.0448. The second kappa shape index (κ2) is 8.26. The van der Waals surface area contributed by atoms with Crippen LogP contribution in [0.25, 0.3) is 0 Å². The normalized spacial score (nSPS) is 34.7. The topological polar surface area (TPSA) is 94.8 Å². The Labute approximate surface area is 209 Å². The van der Waals surface area contributed by atoms with Gasteiger partial charge < -0.3 is 19.9 Å². The molecule has 2 heterocycles. The predicted octanol–water partition coefficient (Wildman–Crippen LogP) is 4.01. The summed E-state index contributed by atoms with van der Waals surface area (Å²) in [5.74, 6) is 0.707. The number of alkyl halides is 3. The van der Waals surface area contributed by atoms with E-state index in [9.17, 15) is 23.1 Å². The molecule has 7 rings (SSSR count). The number of aliphatic hydroxyl groups is 1. The number of rotatable bonds is 6. The van der Waals surface area contributed by atoms with Crippen LogP contribution in [-0.4, -0.2) is 51.0 Å². The fraction of sp³-hybridized carbons (Fsp3) is 0.583.